The van der Waals surface area contributed by atoms with Crippen LogP contribution in [0.15, 0.2) is 23.8 Å². The van der Waals surface area contributed by atoms with Crippen LogP contribution in [0.4, 0.5) is 0 Å². The summed E-state index contributed by atoms with van der Waals surface area (Å²) >= 11 is 0. The summed E-state index contributed by atoms with van der Waals surface area (Å²) in [4.78, 5) is 11.4. The number of hydrogen-bond donors (Lipinski definition) is 2. The van der Waals surface area contributed by atoms with Crippen molar-refractivity contribution in [1.29, 1.82) is 0 Å². The maximum Gasteiger partial charge on any atom is 0.330 e. The zero-order valence-corrected chi connectivity index (χ0v) is 16.3. The molecule has 2 rings (SSSR count). The fourth-order valence-corrected chi connectivity index (χ4v) is 5.55. The number of aliphatic hydroxyl groups is 2. The maximum atomic E-state index is 11.4. The van der Waals surface area contributed by atoms with E-state index < -0.39 is 12.2 Å². The van der Waals surface area contributed by atoms with E-state index in [0.29, 0.717) is 12.3 Å². The Balaban J connectivity index is 2.23. The highest BCUT2D eigenvalue weighted by atomic mass is 16.5. The van der Waals surface area contributed by atoms with Gasteiger partial charge < -0.3 is 14.9 Å². The molecule has 2 fully saturated rings. The van der Waals surface area contributed by atoms with Crippen molar-refractivity contribution in [1.82, 2.24) is 0 Å². The minimum Gasteiger partial charge on any atom is -0.466 e. The van der Waals surface area contributed by atoms with Crippen LogP contribution in [0.25, 0.3) is 0 Å². The largest absolute Gasteiger partial charge is 0.466 e. The highest BCUT2D eigenvalue weighted by Crippen LogP contribution is 2.61. The van der Waals surface area contributed by atoms with Gasteiger partial charge in [-0.05, 0) is 61.7 Å². The summed E-state index contributed by atoms with van der Waals surface area (Å²) in [5.74, 6) is 0.314. The highest BCUT2D eigenvalue weighted by molar-refractivity contribution is 5.82. The van der Waals surface area contributed by atoms with Gasteiger partial charge in [0.05, 0.1) is 19.3 Å². The number of carbonyl (C=O) groups excluding carboxylic acids is 1. The van der Waals surface area contributed by atoms with Crippen molar-refractivity contribution >= 4 is 5.97 Å². The van der Waals surface area contributed by atoms with Crippen LogP contribution >= 0.6 is 0 Å². The summed E-state index contributed by atoms with van der Waals surface area (Å²) in [6.07, 6.45) is 4.47. The van der Waals surface area contributed by atoms with E-state index in [1.807, 2.05) is 6.92 Å². The molecular weight excluding hydrogens is 316 g/mol. The number of methoxy groups -OCH3 is 1. The standard InChI is InChI=1S/C21H34O4/c1-13(11-18(23)25-6)7-9-15-14(2)8-10-17-20(3,4)19(24)16(22)12-21(15,17)5/h11,15-17,19,22,24H,2,7-10,12H2,1,3-6H3/b13-11+/t15-,16-,17+,19-,21+/m0/s1. The second kappa shape index (κ2) is 7.24. The van der Waals surface area contributed by atoms with E-state index >= 15 is 0 Å². The first kappa shape index (κ1) is 20.2. The number of ether oxygens (including phenoxy) is 1. The van der Waals surface area contributed by atoms with E-state index in [0.717, 1.165) is 31.3 Å². The molecule has 5 atom stereocenters. The number of aliphatic hydroxyl groups excluding tert-OH is 2. The van der Waals surface area contributed by atoms with Gasteiger partial charge in [-0.25, -0.2) is 4.79 Å². The third-order valence-corrected chi connectivity index (χ3v) is 6.91. The van der Waals surface area contributed by atoms with E-state index in [-0.39, 0.29) is 22.7 Å². The molecule has 0 spiro atoms. The molecule has 2 aliphatic rings. The van der Waals surface area contributed by atoms with Crippen molar-refractivity contribution in [3.63, 3.8) is 0 Å². The molecule has 0 aromatic rings. The summed E-state index contributed by atoms with van der Waals surface area (Å²) in [7, 11) is 1.39. The first-order valence-corrected chi connectivity index (χ1v) is 9.33. The average Bonchev–Trinajstić information content (AvgIpc) is 2.51. The lowest BCUT2D eigenvalue weighted by Crippen LogP contribution is -2.60. The average molecular weight is 350 g/mol. The number of allylic oxidation sites excluding steroid dienone is 2. The lowest BCUT2D eigenvalue weighted by atomic mass is 9.46. The summed E-state index contributed by atoms with van der Waals surface area (Å²) < 4.78 is 4.70. The van der Waals surface area contributed by atoms with Gasteiger partial charge >= 0.3 is 5.97 Å². The molecule has 0 unspecified atom stereocenters. The van der Waals surface area contributed by atoms with Gasteiger partial charge in [0.25, 0.3) is 0 Å². The third-order valence-electron chi connectivity index (χ3n) is 6.91. The van der Waals surface area contributed by atoms with Crippen LogP contribution in [-0.4, -0.2) is 35.5 Å². The predicted octanol–water partition coefficient (Wildman–Crippen LogP) is 3.63. The Bertz CT molecular complexity index is 562. The van der Waals surface area contributed by atoms with Crippen LogP contribution in [0.3, 0.4) is 0 Å². The van der Waals surface area contributed by atoms with Crippen molar-refractivity contribution in [2.45, 2.75) is 72.0 Å². The fourth-order valence-electron chi connectivity index (χ4n) is 5.55. The maximum absolute atomic E-state index is 11.4. The molecule has 2 saturated carbocycles. The number of esters is 1. The molecule has 2 N–H and O–H groups in total. The van der Waals surface area contributed by atoms with Crippen LogP contribution in [0.2, 0.25) is 0 Å². The van der Waals surface area contributed by atoms with Crippen LogP contribution in [-0.2, 0) is 9.53 Å². The molecule has 25 heavy (non-hydrogen) atoms. The summed E-state index contributed by atoms with van der Waals surface area (Å²) in [6.45, 7) is 12.7. The van der Waals surface area contributed by atoms with Crippen molar-refractivity contribution in [2.24, 2.45) is 22.7 Å². The molecule has 0 heterocycles. The van der Waals surface area contributed by atoms with E-state index in [1.54, 1.807) is 6.08 Å². The Hall–Kier alpha value is -1.13. The molecule has 0 bridgehead atoms. The second-order valence-electron chi connectivity index (χ2n) is 8.90. The van der Waals surface area contributed by atoms with E-state index in [4.69, 9.17) is 4.74 Å². The molecule has 0 aromatic heterocycles. The first-order valence-electron chi connectivity index (χ1n) is 9.33. The van der Waals surface area contributed by atoms with Gasteiger partial charge in [0.15, 0.2) is 0 Å². The second-order valence-corrected chi connectivity index (χ2v) is 8.90. The minimum atomic E-state index is -0.698. The Kier molecular flexibility index (Phi) is 5.85. The normalized spacial score (nSPS) is 38.2. The molecule has 4 heteroatoms. The lowest BCUT2D eigenvalue weighted by molar-refractivity contribution is -0.180. The monoisotopic (exact) mass is 350 g/mol. The van der Waals surface area contributed by atoms with Crippen LogP contribution in [0.5, 0.6) is 0 Å². The molecule has 142 valence electrons. The molecule has 0 aromatic carbocycles. The van der Waals surface area contributed by atoms with Crippen molar-refractivity contribution < 1.29 is 19.7 Å². The lowest BCUT2D eigenvalue weighted by Gasteiger charge is -2.60. The van der Waals surface area contributed by atoms with E-state index in [1.165, 1.54) is 12.7 Å². The molecule has 4 nitrogen and oxygen atoms in total. The minimum absolute atomic E-state index is 0.0803. The zero-order valence-electron chi connectivity index (χ0n) is 16.3. The van der Waals surface area contributed by atoms with Crippen molar-refractivity contribution in [3.05, 3.63) is 23.8 Å². The van der Waals surface area contributed by atoms with Gasteiger partial charge in [0, 0.05) is 6.08 Å². The first-order chi connectivity index (χ1) is 11.5. The summed E-state index contributed by atoms with van der Waals surface area (Å²) in [6, 6.07) is 0. The Morgan fingerprint density at radius 3 is 2.60 bits per heavy atom. The highest BCUT2D eigenvalue weighted by Gasteiger charge is 2.58. The molecule has 0 aliphatic heterocycles. The van der Waals surface area contributed by atoms with Gasteiger partial charge in [-0.3, -0.25) is 0 Å². The topological polar surface area (TPSA) is 66.8 Å². The fraction of sp³-hybridized carbons (Fsp3) is 0.762. The number of rotatable bonds is 4. The zero-order chi connectivity index (χ0) is 19.0. The Morgan fingerprint density at radius 2 is 2.00 bits per heavy atom. The third kappa shape index (κ3) is 3.70. The van der Waals surface area contributed by atoms with E-state index in [2.05, 4.69) is 27.4 Å². The van der Waals surface area contributed by atoms with Crippen LogP contribution in [0.1, 0.15) is 59.8 Å². The Morgan fingerprint density at radius 1 is 1.36 bits per heavy atom. The van der Waals surface area contributed by atoms with Crippen molar-refractivity contribution in [2.75, 3.05) is 7.11 Å². The smallest absolute Gasteiger partial charge is 0.330 e. The summed E-state index contributed by atoms with van der Waals surface area (Å²) in [5, 5.41) is 21.0. The van der Waals surface area contributed by atoms with Crippen LogP contribution < -0.4 is 0 Å². The summed E-state index contributed by atoms with van der Waals surface area (Å²) in [5.41, 5.74) is 1.84. The van der Waals surface area contributed by atoms with Gasteiger partial charge in [0.1, 0.15) is 0 Å². The number of fused-ring (bicyclic) bond motifs is 1. The molecular formula is C21H34O4. The predicted molar refractivity (Wildman–Crippen MR) is 98.9 cm³/mol. The van der Waals surface area contributed by atoms with Crippen LogP contribution in [0, 0.1) is 22.7 Å². The van der Waals surface area contributed by atoms with Gasteiger partial charge in [-0.15, -0.1) is 0 Å². The van der Waals surface area contributed by atoms with E-state index in [9.17, 15) is 15.0 Å². The molecule has 0 saturated heterocycles. The quantitative estimate of drug-likeness (QED) is 0.462. The Labute approximate surface area is 152 Å². The molecule has 2 aliphatic carbocycles. The van der Waals surface area contributed by atoms with Gasteiger partial charge in [-0.1, -0.05) is 38.5 Å². The number of hydrogen-bond acceptors (Lipinski definition) is 4. The number of carbonyl (C=O) groups is 1. The molecule has 0 amide bonds. The van der Waals surface area contributed by atoms with Crippen molar-refractivity contribution in [3.8, 4) is 0 Å². The van der Waals surface area contributed by atoms with Gasteiger partial charge in [-0.2, -0.15) is 0 Å². The van der Waals surface area contributed by atoms with Gasteiger partial charge in [0.2, 0.25) is 0 Å². The SMILES string of the molecule is C=C1CC[C@@H]2C(C)(C)[C@@H](O)[C@@H](O)C[C@]2(C)[C@H]1CC/C(C)=C/C(=O)OC. The molecule has 0 radical (unpaired) electrons.